The van der Waals surface area contributed by atoms with Crippen LogP contribution < -0.4 is 0 Å². The molecule has 0 bridgehead atoms. The monoisotopic (exact) mass is 268 g/mol. The maximum absolute atomic E-state index is 12.1. The first-order chi connectivity index (χ1) is 8.49. The van der Waals surface area contributed by atoms with Crippen LogP contribution in [0.5, 0.6) is 0 Å². The molecule has 1 aliphatic heterocycles. The number of rotatable bonds is 2. The predicted octanol–water partition coefficient (Wildman–Crippen LogP) is 2.36. The molecular weight excluding hydrogens is 256 g/mol. The number of nitrogens with zero attached hydrogens (tertiary/aromatic N) is 2. The number of hydrogen-bond acceptors (Lipinski definition) is 3. The van der Waals surface area contributed by atoms with E-state index in [1.54, 1.807) is 24.0 Å². The number of hydrogen-bond donors (Lipinski definition) is 0. The molecule has 1 aromatic rings. The number of aryl methyl sites for hydroxylation is 1. The highest BCUT2D eigenvalue weighted by Gasteiger charge is 2.26. The third-order valence-corrected chi connectivity index (χ3v) is 3.43. The average molecular weight is 269 g/mol. The van der Waals surface area contributed by atoms with E-state index in [-0.39, 0.29) is 17.0 Å². The molecule has 1 aliphatic rings. The molecule has 5 nitrogen and oxygen atoms in total. The van der Waals surface area contributed by atoms with Gasteiger partial charge in [0.15, 0.2) is 0 Å². The SMILES string of the molecule is Cc1ccc(C(=O)N2CCC(Cl)C2)cc1[N+](=O)[O-]. The van der Waals surface area contributed by atoms with Gasteiger partial charge in [0.05, 0.1) is 10.3 Å². The minimum absolute atomic E-state index is 0.0191. The van der Waals surface area contributed by atoms with Gasteiger partial charge in [-0.2, -0.15) is 0 Å². The van der Waals surface area contributed by atoms with E-state index >= 15 is 0 Å². The van der Waals surface area contributed by atoms with Gasteiger partial charge >= 0.3 is 0 Å². The maximum atomic E-state index is 12.1. The molecule has 1 saturated heterocycles. The van der Waals surface area contributed by atoms with Crippen molar-refractivity contribution in [3.8, 4) is 0 Å². The third-order valence-electron chi connectivity index (χ3n) is 3.07. The van der Waals surface area contributed by atoms with Gasteiger partial charge in [0.25, 0.3) is 11.6 Å². The van der Waals surface area contributed by atoms with E-state index in [2.05, 4.69) is 0 Å². The Hall–Kier alpha value is -1.62. The van der Waals surface area contributed by atoms with Crippen molar-refractivity contribution in [2.45, 2.75) is 18.7 Å². The number of nitro groups is 1. The van der Waals surface area contributed by atoms with Crippen molar-refractivity contribution in [3.05, 3.63) is 39.4 Å². The zero-order valence-corrected chi connectivity index (χ0v) is 10.7. The topological polar surface area (TPSA) is 63.5 Å². The van der Waals surface area contributed by atoms with Crippen molar-refractivity contribution in [1.29, 1.82) is 0 Å². The van der Waals surface area contributed by atoms with Crippen molar-refractivity contribution in [1.82, 2.24) is 4.90 Å². The normalized spacial score (nSPS) is 19.0. The summed E-state index contributed by atoms with van der Waals surface area (Å²) in [5.41, 5.74) is 0.869. The van der Waals surface area contributed by atoms with Crippen molar-refractivity contribution < 1.29 is 9.72 Å². The molecule has 0 spiro atoms. The van der Waals surface area contributed by atoms with Gasteiger partial charge < -0.3 is 4.90 Å². The Bertz CT molecular complexity index is 504. The minimum atomic E-state index is -0.472. The van der Waals surface area contributed by atoms with E-state index < -0.39 is 4.92 Å². The molecular formula is C12H13ClN2O3. The van der Waals surface area contributed by atoms with Crippen molar-refractivity contribution in [2.75, 3.05) is 13.1 Å². The summed E-state index contributed by atoms with van der Waals surface area (Å²) in [5.74, 6) is -0.193. The zero-order chi connectivity index (χ0) is 13.3. The molecule has 2 rings (SSSR count). The molecule has 18 heavy (non-hydrogen) atoms. The number of nitro benzene ring substituents is 1. The summed E-state index contributed by atoms with van der Waals surface area (Å²) in [5, 5.41) is 10.8. The summed E-state index contributed by atoms with van der Waals surface area (Å²) in [6.45, 7) is 2.76. The number of amides is 1. The highest BCUT2D eigenvalue weighted by atomic mass is 35.5. The number of carbonyl (C=O) groups is 1. The second-order valence-electron chi connectivity index (χ2n) is 4.40. The first-order valence-corrected chi connectivity index (χ1v) is 6.11. The molecule has 1 unspecified atom stereocenters. The van der Waals surface area contributed by atoms with Crippen LogP contribution in [0.25, 0.3) is 0 Å². The van der Waals surface area contributed by atoms with Crippen LogP contribution in [-0.2, 0) is 0 Å². The average Bonchev–Trinajstić information content (AvgIpc) is 2.75. The standard InChI is InChI=1S/C12H13ClN2O3/c1-8-2-3-9(6-11(8)15(17)18)12(16)14-5-4-10(13)7-14/h2-3,6,10H,4-5,7H2,1H3. The summed E-state index contributed by atoms with van der Waals surface area (Å²) in [4.78, 5) is 24.1. The molecule has 0 aliphatic carbocycles. The van der Waals surface area contributed by atoms with Gasteiger partial charge in [-0.1, -0.05) is 6.07 Å². The Morgan fingerprint density at radius 3 is 2.83 bits per heavy atom. The molecule has 0 radical (unpaired) electrons. The molecule has 1 heterocycles. The van der Waals surface area contributed by atoms with Gasteiger partial charge in [-0.25, -0.2) is 0 Å². The Morgan fingerprint density at radius 1 is 1.56 bits per heavy atom. The van der Waals surface area contributed by atoms with E-state index in [1.165, 1.54) is 6.07 Å². The predicted molar refractivity (Wildman–Crippen MR) is 68.0 cm³/mol. The number of carbonyl (C=O) groups excluding carboxylic acids is 1. The Kier molecular flexibility index (Phi) is 3.52. The molecule has 96 valence electrons. The quantitative estimate of drug-likeness (QED) is 0.470. The zero-order valence-electron chi connectivity index (χ0n) is 9.93. The van der Waals surface area contributed by atoms with Crippen LogP contribution in [0.15, 0.2) is 18.2 Å². The number of likely N-dealkylation sites (tertiary alicyclic amines) is 1. The van der Waals surface area contributed by atoms with Gasteiger partial charge in [0, 0.05) is 30.3 Å². The maximum Gasteiger partial charge on any atom is 0.273 e. The molecule has 1 fully saturated rings. The molecule has 1 amide bonds. The van der Waals surface area contributed by atoms with Crippen LogP contribution in [0.3, 0.4) is 0 Å². The lowest BCUT2D eigenvalue weighted by molar-refractivity contribution is -0.385. The van der Waals surface area contributed by atoms with E-state index in [0.717, 1.165) is 6.42 Å². The first-order valence-electron chi connectivity index (χ1n) is 5.67. The van der Waals surface area contributed by atoms with E-state index in [9.17, 15) is 14.9 Å². The van der Waals surface area contributed by atoms with Crippen molar-refractivity contribution >= 4 is 23.2 Å². The Morgan fingerprint density at radius 2 is 2.28 bits per heavy atom. The first kappa shape index (κ1) is 12.8. The fraction of sp³-hybridized carbons (Fsp3) is 0.417. The van der Waals surface area contributed by atoms with E-state index in [1.807, 2.05) is 0 Å². The van der Waals surface area contributed by atoms with Gasteiger partial charge in [-0.15, -0.1) is 11.6 Å². The number of alkyl halides is 1. The number of halogens is 1. The molecule has 1 aromatic carbocycles. The van der Waals surface area contributed by atoms with Crippen LogP contribution in [0, 0.1) is 17.0 Å². The highest BCUT2D eigenvalue weighted by molar-refractivity contribution is 6.21. The molecule has 0 aromatic heterocycles. The lowest BCUT2D eigenvalue weighted by atomic mass is 10.1. The van der Waals surface area contributed by atoms with Crippen LogP contribution >= 0.6 is 11.6 Å². The van der Waals surface area contributed by atoms with Gasteiger partial charge in [-0.3, -0.25) is 14.9 Å². The molecule has 1 atom stereocenters. The molecule has 0 N–H and O–H groups in total. The number of benzene rings is 1. The third kappa shape index (κ3) is 2.46. The summed E-state index contributed by atoms with van der Waals surface area (Å²) in [6.07, 6.45) is 0.765. The van der Waals surface area contributed by atoms with E-state index in [0.29, 0.717) is 24.2 Å². The summed E-state index contributed by atoms with van der Waals surface area (Å²) in [7, 11) is 0. The van der Waals surface area contributed by atoms with Crippen LogP contribution in [0.4, 0.5) is 5.69 Å². The fourth-order valence-corrected chi connectivity index (χ4v) is 2.29. The minimum Gasteiger partial charge on any atom is -0.337 e. The lowest BCUT2D eigenvalue weighted by Crippen LogP contribution is -2.28. The smallest absolute Gasteiger partial charge is 0.273 e. The fourth-order valence-electron chi connectivity index (χ4n) is 2.02. The largest absolute Gasteiger partial charge is 0.337 e. The molecule has 6 heteroatoms. The summed E-state index contributed by atoms with van der Waals surface area (Å²) >= 11 is 5.94. The van der Waals surface area contributed by atoms with Crippen LogP contribution in [0.2, 0.25) is 0 Å². The van der Waals surface area contributed by atoms with E-state index in [4.69, 9.17) is 11.6 Å². The van der Waals surface area contributed by atoms with Gasteiger partial charge in [0.2, 0.25) is 0 Å². The lowest BCUT2D eigenvalue weighted by Gasteiger charge is -2.15. The Labute approximate surface area is 109 Å². The Balaban J connectivity index is 2.26. The second kappa shape index (κ2) is 4.94. The van der Waals surface area contributed by atoms with Crippen molar-refractivity contribution in [3.63, 3.8) is 0 Å². The second-order valence-corrected chi connectivity index (χ2v) is 5.01. The highest BCUT2D eigenvalue weighted by Crippen LogP contribution is 2.22. The summed E-state index contributed by atoms with van der Waals surface area (Å²) < 4.78 is 0. The summed E-state index contributed by atoms with van der Waals surface area (Å²) in [6, 6.07) is 4.55. The van der Waals surface area contributed by atoms with Crippen LogP contribution in [-0.4, -0.2) is 34.2 Å². The van der Waals surface area contributed by atoms with Gasteiger partial charge in [0.1, 0.15) is 0 Å². The van der Waals surface area contributed by atoms with Gasteiger partial charge in [-0.05, 0) is 19.4 Å². The molecule has 0 saturated carbocycles. The van der Waals surface area contributed by atoms with Crippen molar-refractivity contribution in [2.24, 2.45) is 0 Å². The van der Waals surface area contributed by atoms with Crippen LogP contribution in [0.1, 0.15) is 22.3 Å².